The molecule has 0 aromatic heterocycles. The first-order valence-electron chi connectivity index (χ1n) is 4.67. The van der Waals surface area contributed by atoms with E-state index >= 15 is 0 Å². The van der Waals surface area contributed by atoms with E-state index in [0.717, 1.165) is 17.3 Å². The Morgan fingerprint density at radius 2 is 2.12 bits per heavy atom. The number of benzene rings is 1. The quantitative estimate of drug-likeness (QED) is 0.457. The summed E-state index contributed by atoms with van der Waals surface area (Å²) in [7, 11) is 0. The molecule has 5 heteroatoms. The Bertz CT molecular complexity index is 464. The standard InChI is InChI=1S/C11H13N3O2/c1-7-3-4-9(8(2)5-7)13-6-10(14-12)11(15)16/h3-6H,12H2,1-2H3,(H,15,16)/b13-6?,14-10+. The number of aliphatic carboxylic acids is 1. The highest BCUT2D eigenvalue weighted by Crippen LogP contribution is 2.18. The first-order chi connectivity index (χ1) is 7.54. The molecule has 1 aromatic rings. The molecule has 5 nitrogen and oxygen atoms in total. The average molecular weight is 219 g/mol. The van der Waals surface area contributed by atoms with E-state index in [2.05, 4.69) is 10.1 Å². The average Bonchev–Trinajstić information content (AvgIpc) is 2.21. The van der Waals surface area contributed by atoms with Gasteiger partial charge in [0.05, 0.1) is 11.9 Å². The lowest BCUT2D eigenvalue weighted by Crippen LogP contribution is -2.16. The third-order valence-corrected chi connectivity index (χ3v) is 2.04. The summed E-state index contributed by atoms with van der Waals surface area (Å²) in [5, 5.41) is 11.8. The minimum absolute atomic E-state index is 0.278. The number of hydrazone groups is 1. The van der Waals surface area contributed by atoms with Gasteiger partial charge in [-0.15, -0.1) is 0 Å². The van der Waals surface area contributed by atoms with Crippen molar-refractivity contribution in [1.82, 2.24) is 0 Å². The second-order valence-electron chi connectivity index (χ2n) is 3.37. The molecule has 0 atom stereocenters. The first kappa shape index (κ1) is 11.9. The molecule has 0 spiro atoms. The van der Waals surface area contributed by atoms with Crippen LogP contribution in [0.15, 0.2) is 28.3 Å². The maximum Gasteiger partial charge on any atom is 0.357 e. The molecule has 0 amide bonds. The molecule has 16 heavy (non-hydrogen) atoms. The minimum atomic E-state index is -1.20. The Morgan fingerprint density at radius 1 is 1.44 bits per heavy atom. The molecule has 0 heterocycles. The second kappa shape index (κ2) is 5.06. The number of hydrogen-bond acceptors (Lipinski definition) is 4. The third kappa shape index (κ3) is 2.91. The van der Waals surface area contributed by atoms with Gasteiger partial charge in [0.25, 0.3) is 0 Å². The summed E-state index contributed by atoms with van der Waals surface area (Å²) in [6.45, 7) is 3.88. The van der Waals surface area contributed by atoms with E-state index in [1.807, 2.05) is 32.0 Å². The van der Waals surface area contributed by atoms with E-state index < -0.39 is 5.97 Å². The van der Waals surface area contributed by atoms with E-state index in [0.29, 0.717) is 5.69 Å². The molecular formula is C11H13N3O2. The van der Waals surface area contributed by atoms with Crippen molar-refractivity contribution in [2.24, 2.45) is 15.9 Å². The van der Waals surface area contributed by atoms with Crippen molar-refractivity contribution in [3.8, 4) is 0 Å². The van der Waals surface area contributed by atoms with Crippen molar-refractivity contribution in [3.05, 3.63) is 29.3 Å². The smallest absolute Gasteiger partial charge is 0.357 e. The molecule has 0 bridgehead atoms. The Morgan fingerprint density at radius 3 is 2.62 bits per heavy atom. The second-order valence-corrected chi connectivity index (χ2v) is 3.37. The summed E-state index contributed by atoms with van der Waals surface area (Å²) >= 11 is 0. The van der Waals surface area contributed by atoms with Crippen molar-refractivity contribution in [2.75, 3.05) is 0 Å². The molecular weight excluding hydrogens is 206 g/mol. The zero-order valence-corrected chi connectivity index (χ0v) is 9.14. The first-order valence-corrected chi connectivity index (χ1v) is 4.67. The fourth-order valence-corrected chi connectivity index (χ4v) is 1.22. The predicted molar refractivity (Wildman–Crippen MR) is 63.3 cm³/mol. The van der Waals surface area contributed by atoms with Crippen LogP contribution in [0, 0.1) is 13.8 Å². The fourth-order valence-electron chi connectivity index (χ4n) is 1.22. The summed E-state index contributed by atoms with van der Waals surface area (Å²) in [5.41, 5.74) is 2.52. The van der Waals surface area contributed by atoms with E-state index in [1.165, 1.54) is 0 Å². The molecule has 0 aliphatic carbocycles. The number of nitrogens with two attached hydrogens (primary N) is 1. The lowest BCUT2D eigenvalue weighted by molar-refractivity contribution is -0.129. The molecule has 0 radical (unpaired) electrons. The van der Waals surface area contributed by atoms with Crippen molar-refractivity contribution in [1.29, 1.82) is 0 Å². The number of nitrogens with zero attached hydrogens (tertiary/aromatic N) is 2. The van der Waals surface area contributed by atoms with Gasteiger partial charge in [-0.2, -0.15) is 5.10 Å². The maximum absolute atomic E-state index is 10.6. The van der Waals surface area contributed by atoms with E-state index in [1.54, 1.807) is 0 Å². The van der Waals surface area contributed by atoms with Crippen LogP contribution >= 0.6 is 0 Å². The molecule has 1 aromatic carbocycles. The van der Waals surface area contributed by atoms with Crippen LogP contribution in [0.4, 0.5) is 5.69 Å². The maximum atomic E-state index is 10.6. The summed E-state index contributed by atoms with van der Waals surface area (Å²) in [6.07, 6.45) is 1.14. The van der Waals surface area contributed by atoms with Gasteiger partial charge < -0.3 is 10.9 Å². The molecule has 0 aliphatic rings. The highest BCUT2D eigenvalue weighted by atomic mass is 16.4. The van der Waals surface area contributed by atoms with Gasteiger partial charge in [0, 0.05) is 0 Å². The number of carboxylic acids is 1. The van der Waals surface area contributed by atoms with Crippen LogP contribution in [0.3, 0.4) is 0 Å². The lowest BCUT2D eigenvalue weighted by Gasteiger charge is -2.00. The van der Waals surface area contributed by atoms with Crippen LogP contribution < -0.4 is 5.84 Å². The van der Waals surface area contributed by atoms with Crippen molar-refractivity contribution in [2.45, 2.75) is 13.8 Å². The lowest BCUT2D eigenvalue weighted by atomic mass is 10.1. The number of rotatable bonds is 3. The Balaban J connectivity index is 2.96. The van der Waals surface area contributed by atoms with E-state index in [9.17, 15) is 4.79 Å². The van der Waals surface area contributed by atoms with Gasteiger partial charge in [0.1, 0.15) is 0 Å². The predicted octanol–water partition coefficient (Wildman–Crippen LogP) is 1.41. The van der Waals surface area contributed by atoms with Gasteiger partial charge in [-0.3, -0.25) is 4.99 Å². The van der Waals surface area contributed by atoms with Crippen LogP contribution in [0.2, 0.25) is 0 Å². The van der Waals surface area contributed by atoms with E-state index in [-0.39, 0.29) is 5.71 Å². The minimum Gasteiger partial charge on any atom is -0.476 e. The highest BCUT2D eigenvalue weighted by molar-refractivity contribution is 6.58. The van der Waals surface area contributed by atoms with Gasteiger partial charge >= 0.3 is 5.97 Å². The Hall–Kier alpha value is -2.17. The number of aliphatic imine (C=N–C) groups is 1. The number of hydrogen-bond donors (Lipinski definition) is 2. The molecule has 0 fully saturated rings. The van der Waals surface area contributed by atoms with Crippen molar-refractivity contribution < 1.29 is 9.90 Å². The summed E-state index contributed by atoms with van der Waals surface area (Å²) in [4.78, 5) is 14.6. The summed E-state index contributed by atoms with van der Waals surface area (Å²) < 4.78 is 0. The molecule has 0 saturated heterocycles. The van der Waals surface area contributed by atoms with Gasteiger partial charge in [-0.05, 0) is 25.5 Å². The molecule has 0 aliphatic heterocycles. The zero-order chi connectivity index (χ0) is 12.1. The number of carboxylic acid groups (broad SMARTS) is 1. The van der Waals surface area contributed by atoms with Gasteiger partial charge in [-0.1, -0.05) is 17.7 Å². The monoisotopic (exact) mass is 219 g/mol. The van der Waals surface area contributed by atoms with Crippen LogP contribution in [-0.4, -0.2) is 23.0 Å². The third-order valence-electron chi connectivity index (χ3n) is 2.04. The summed E-state index contributed by atoms with van der Waals surface area (Å²) in [5.74, 6) is 3.72. The number of carbonyl (C=O) groups is 1. The fraction of sp³-hybridized carbons (Fsp3) is 0.182. The zero-order valence-electron chi connectivity index (χ0n) is 9.14. The Kier molecular flexibility index (Phi) is 3.77. The van der Waals surface area contributed by atoms with Crippen LogP contribution in [0.1, 0.15) is 11.1 Å². The van der Waals surface area contributed by atoms with Gasteiger partial charge in [0.15, 0.2) is 5.71 Å². The van der Waals surface area contributed by atoms with Crippen molar-refractivity contribution in [3.63, 3.8) is 0 Å². The molecule has 3 N–H and O–H groups in total. The number of aryl methyl sites for hydroxylation is 2. The largest absolute Gasteiger partial charge is 0.476 e. The normalized spacial score (nSPS) is 12.0. The summed E-state index contributed by atoms with van der Waals surface area (Å²) in [6, 6.07) is 5.68. The van der Waals surface area contributed by atoms with Gasteiger partial charge in [-0.25, -0.2) is 4.79 Å². The molecule has 84 valence electrons. The molecule has 0 saturated carbocycles. The van der Waals surface area contributed by atoms with Gasteiger partial charge in [0.2, 0.25) is 0 Å². The molecule has 0 unspecified atom stereocenters. The van der Waals surface area contributed by atoms with Crippen LogP contribution in [0.25, 0.3) is 0 Å². The molecule has 1 rings (SSSR count). The highest BCUT2D eigenvalue weighted by Gasteiger charge is 2.05. The Labute approximate surface area is 93.3 Å². The van der Waals surface area contributed by atoms with E-state index in [4.69, 9.17) is 10.9 Å². The van der Waals surface area contributed by atoms with Crippen LogP contribution in [-0.2, 0) is 4.79 Å². The van der Waals surface area contributed by atoms with Crippen molar-refractivity contribution >= 4 is 23.6 Å². The SMILES string of the molecule is Cc1ccc(N=C/C(=N\N)C(=O)O)c(C)c1. The topological polar surface area (TPSA) is 88.0 Å². The van der Waals surface area contributed by atoms with Crippen LogP contribution in [0.5, 0.6) is 0 Å².